The van der Waals surface area contributed by atoms with E-state index in [1.54, 1.807) is 12.5 Å². The summed E-state index contributed by atoms with van der Waals surface area (Å²) in [6, 6.07) is 5.30. The third-order valence-electron chi connectivity index (χ3n) is 7.55. The molecule has 0 spiro atoms. The third-order valence-corrected chi connectivity index (χ3v) is 9.26. The van der Waals surface area contributed by atoms with E-state index in [1.165, 1.54) is 0 Å². The fourth-order valence-electron chi connectivity index (χ4n) is 5.46. The summed E-state index contributed by atoms with van der Waals surface area (Å²) < 4.78 is 15.3. The Morgan fingerprint density at radius 2 is 2.00 bits per heavy atom. The van der Waals surface area contributed by atoms with E-state index in [1.807, 2.05) is 48.5 Å². The van der Waals surface area contributed by atoms with Crippen LogP contribution < -0.4 is 5.32 Å². The van der Waals surface area contributed by atoms with Crippen LogP contribution in [0.4, 0.5) is 4.79 Å². The molecule has 1 unspecified atom stereocenters. The van der Waals surface area contributed by atoms with Crippen molar-refractivity contribution in [3.8, 4) is 17.3 Å². The summed E-state index contributed by atoms with van der Waals surface area (Å²) in [5.74, 6) is 0. The van der Waals surface area contributed by atoms with Gasteiger partial charge in [-0.05, 0) is 45.7 Å². The van der Waals surface area contributed by atoms with E-state index in [4.69, 9.17) is 14.6 Å². The Kier molecular flexibility index (Phi) is 9.00. The van der Waals surface area contributed by atoms with Crippen LogP contribution in [0.5, 0.6) is 0 Å². The molecule has 0 bridgehead atoms. The number of fused-ring (bicyclic) bond motifs is 1. The van der Waals surface area contributed by atoms with Crippen LogP contribution in [0.2, 0.25) is 25.7 Å². The standard InChI is InChI=1S/C29H43N7O3Si/c1-28(2,3)39-27(37)31-19-29(11-7-8-12-29)24(9-13-30)36-18-22(17-34-36)25-23-10-14-35(26(23)33-20-32-25)21-38-15-16-40(4,5)6/h10,14,17-18,20,24H,7-9,11-12,15-16,19,21H2,1-6H3,(H,31,37). The molecule has 0 radical (unpaired) electrons. The minimum absolute atomic E-state index is 0.189. The van der Waals surface area contributed by atoms with Crippen LogP contribution in [0, 0.1) is 16.7 Å². The molecule has 0 saturated heterocycles. The van der Waals surface area contributed by atoms with Gasteiger partial charge in [-0.3, -0.25) is 4.68 Å². The van der Waals surface area contributed by atoms with Gasteiger partial charge >= 0.3 is 6.09 Å². The highest BCUT2D eigenvalue weighted by Crippen LogP contribution is 2.48. The number of alkyl carbamates (subject to hydrolysis) is 1. The van der Waals surface area contributed by atoms with Gasteiger partial charge in [0.2, 0.25) is 0 Å². The first-order valence-electron chi connectivity index (χ1n) is 14.2. The van der Waals surface area contributed by atoms with Crippen molar-refractivity contribution in [3.63, 3.8) is 0 Å². The first-order chi connectivity index (χ1) is 18.9. The zero-order valence-corrected chi connectivity index (χ0v) is 25.7. The summed E-state index contributed by atoms with van der Waals surface area (Å²) in [4.78, 5) is 21.6. The summed E-state index contributed by atoms with van der Waals surface area (Å²) in [7, 11) is -1.15. The molecule has 0 aliphatic heterocycles. The molecule has 1 N–H and O–H groups in total. The third kappa shape index (κ3) is 7.28. The Balaban J connectivity index is 1.55. The number of hydrogen-bond donors (Lipinski definition) is 1. The molecule has 3 heterocycles. The minimum Gasteiger partial charge on any atom is -0.444 e. The SMILES string of the molecule is CC(C)(C)OC(=O)NCC1(C(CC#N)n2cc(-c3ncnc4c3ccn4COCC[Si](C)(C)C)cn2)CCCC1. The van der Waals surface area contributed by atoms with E-state index in [0.29, 0.717) is 19.7 Å². The van der Waals surface area contributed by atoms with Gasteiger partial charge in [0, 0.05) is 50.0 Å². The number of nitrogens with one attached hydrogen (secondary N) is 1. The first kappa shape index (κ1) is 29.7. The second-order valence-corrected chi connectivity index (χ2v) is 18.7. The van der Waals surface area contributed by atoms with Crippen molar-refractivity contribution in [2.45, 2.75) is 96.9 Å². The summed E-state index contributed by atoms with van der Waals surface area (Å²) in [6.45, 7) is 14.2. The van der Waals surface area contributed by atoms with Gasteiger partial charge in [-0.2, -0.15) is 10.4 Å². The van der Waals surface area contributed by atoms with Gasteiger partial charge < -0.3 is 19.4 Å². The van der Waals surface area contributed by atoms with Gasteiger partial charge in [0.1, 0.15) is 24.3 Å². The average molecular weight is 566 g/mol. The lowest BCUT2D eigenvalue weighted by Crippen LogP contribution is -2.43. The van der Waals surface area contributed by atoms with Crippen molar-refractivity contribution in [3.05, 3.63) is 31.0 Å². The van der Waals surface area contributed by atoms with Crippen molar-refractivity contribution in [1.82, 2.24) is 29.6 Å². The van der Waals surface area contributed by atoms with E-state index in [9.17, 15) is 10.1 Å². The van der Waals surface area contributed by atoms with Crippen molar-refractivity contribution < 1.29 is 14.3 Å². The molecule has 40 heavy (non-hydrogen) atoms. The molecule has 1 aliphatic carbocycles. The molecule has 1 fully saturated rings. The normalized spacial score (nSPS) is 16.1. The molecule has 1 aliphatic rings. The number of amides is 1. The number of rotatable bonds is 11. The molecular weight excluding hydrogens is 522 g/mol. The fraction of sp³-hybridized carbons (Fsp3) is 0.621. The highest BCUT2D eigenvalue weighted by atomic mass is 28.3. The largest absolute Gasteiger partial charge is 0.444 e. The van der Waals surface area contributed by atoms with Crippen LogP contribution in [0.1, 0.15) is 58.9 Å². The molecule has 1 atom stereocenters. The molecule has 11 heteroatoms. The number of hydrogen-bond acceptors (Lipinski definition) is 7. The Morgan fingerprint density at radius 1 is 1.25 bits per heavy atom. The summed E-state index contributed by atoms with van der Waals surface area (Å²) >= 11 is 0. The number of aromatic nitrogens is 5. The van der Waals surface area contributed by atoms with Gasteiger partial charge in [0.15, 0.2) is 0 Å². The lowest BCUT2D eigenvalue weighted by Gasteiger charge is -2.37. The van der Waals surface area contributed by atoms with Crippen molar-refractivity contribution in [1.29, 1.82) is 5.26 Å². The summed E-state index contributed by atoms with van der Waals surface area (Å²) in [5.41, 5.74) is 1.61. The minimum atomic E-state index is -1.15. The molecular formula is C29H43N7O3Si. The van der Waals surface area contributed by atoms with Crippen molar-refractivity contribution >= 4 is 25.2 Å². The van der Waals surface area contributed by atoms with Crippen molar-refractivity contribution in [2.75, 3.05) is 13.2 Å². The maximum Gasteiger partial charge on any atom is 0.407 e. The molecule has 216 valence electrons. The number of carbonyl (C=O) groups excluding carboxylic acids is 1. The Morgan fingerprint density at radius 3 is 2.67 bits per heavy atom. The molecule has 3 aromatic rings. The van der Waals surface area contributed by atoms with Crippen LogP contribution in [0.15, 0.2) is 31.0 Å². The molecule has 3 aromatic heterocycles. The van der Waals surface area contributed by atoms with Gasteiger partial charge in [0.05, 0.1) is 30.4 Å². The predicted molar refractivity (Wildman–Crippen MR) is 157 cm³/mol. The van der Waals surface area contributed by atoms with Gasteiger partial charge in [-0.1, -0.05) is 32.5 Å². The molecule has 1 saturated carbocycles. The number of nitrogens with zero attached hydrogens (tertiary/aromatic N) is 6. The topological polar surface area (TPSA) is 120 Å². The van der Waals surface area contributed by atoms with E-state index >= 15 is 0 Å². The van der Waals surface area contributed by atoms with E-state index in [2.05, 4.69) is 41.0 Å². The fourth-order valence-corrected chi connectivity index (χ4v) is 6.21. The lowest BCUT2D eigenvalue weighted by atomic mass is 9.77. The number of nitriles is 1. The molecule has 4 rings (SSSR count). The average Bonchev–Trinajstić information content (AvgIpc) is 3.63. The van der Waals surface area contributed by atoms with Crippen molar-refractivity contribution in [2.24, 2.45) is 5.41 Å². The molecule has 0 aromatic carbocycles. The Bertz CT molecular complexity index is 1340. The van der Waals surface area contributed by atoms with E-state index in [0.717, 1.165) is 60.6 Å². The second-order valence-electron chi connectivity index (χ2n) is 13.1. The zero-order valence-electron chi connectivity index (χ0n) is 24.7. The van der Waals surface area contributed by atoms with Crippen LogP contribution >= 0.6 is 0 Å². The number of carbonyl (C=O) groups is 1. The van der Waals surface area contributed by atoms with E-state index in [-0.39, 0.29) is 11.5 Å². The van der Waals surface area contributed by atoms with E-state index < -0.39 is 19.8 Å². The first-order valence-corrected chi connectivity index (χ1v) is 17.9. The maximum absolute atomic E-state index is 12.5. The maximum atomic E-state index is 12.5. The van der Waals surface area contributed by atoms with Crippen LogP contribution in [0.3, 0.4) is 0 Å². The van der Waals surface area contributed by atoms with Crippen LogP contribution in [-0.2, 0) is 16.2 Å². The highest BCUT2D eigenvalue weighted by molar-refractivity contribution is 6.76. The van der Waals surface area contributed by atoms with Crippen LogP contribution in [-0.4, -0.2) is 57.2 Å². The smallest absolute Gasteiger partial charge is 0.407 e. The Hall–Kier alpha value is -3.23. The predicted octanol–water partition coefficient (Wildman–Crippen LogP) is 6.15. The monoisotopic (exact) mass is 565 g/mol. The summed E-state index contributed by atoms with van der Waals surface area (Å²) in [5, 5.41) is 18.4. The second kappa shape index (κ2) is 12.1. The van der Waals surface area contributed by atoms with Gasteiger partial charge in [-0.15, -0.1) is 0 Å². The lowest BCUT2D eigenvalue weighted by molar-refractivity contribution is 0.0473. The zero-order chi connectivity index (χ0) is 29.0. The highest BCUT2D eigenvalue weighted by Gasteiger charge is 2.43. The van der Waals surface area contributed by atoms with Gasteiger partial charge in [0.25, 0.3) is 0 Å². The molecule has 10 nitrogen and oxygen atoms in total. The van der Waals surface area contributed by atoms with Gasteiger partial charge in [-0.25, -0.2) is 14.8 Å². The van der Waals surface area contributed by atoms with Crippen LogP contribution in [0.25, 0.3) is 22.3 Å². The molecule has 1 amide bonds. The quantitative estimate of drug-likeness (QED) is 0.219. The summed E-state index contributed by atoms with van der Waals surface area (Å²) in [6.07, 6.45) is 11.1. The Labute approximate surface area is 238 Å². The number of ether oxygens (including phenoxy) is 2.